The Morgan fingerprint density at radius 3 is 2.81 bits per heavy atom. The van der Waals surface area contributed by atoms with Gasteiger partial charge in [-0.3, -0.25) is 9.59 Å². The average molecular weight is 408 g/mol. The Balaban J connectivity index is 1.70. The van der Waals surface area contributed by atoms with Gasteiger partial charge in [0, 0.05) is 18.1 Å². The summed E-state index contributed by atoms with van der Waals surface area (Å²) in [5.41, 5.74) is 0.903. The maximum absolute atomic E-state index is 12.2. The summed E-state index contributed by atoms with van der Waals surface area (Å²) in [5, 5.41) is 0.625. The predicted octanol–water partition coefficient (Wildman–Crippen LogP) is 2.77. The van der Waals surface area contributed by atoms with Crippen LogP contribution in [0.3, 0.4) is 0 Å². The summed E-state index contributed by atoms with van der Waals surface area (Å²) in [6.07, 6.45) is 7.58. The molecule has 1 aliphatic heterocycles. The van der Waals surface area contributed by atoms with E-state index in [0.717, 1.165) is 36.1 Å². The molecule has 1 aromatic heterocycles. The number of carbonyl (C=O) groups is 2. The van der Waals surface area contributed by atoms with Crippen LogP contribution in [-0.4, -0.2) is 45.9 Å². The number of benzene rings is 1. The molecule has 0 spiro atoms. The molecule has 1 saturated heterocycles. The van der Waals surface area contributed by atoms with Gasteiger partial charge in [-0.2, -0.15) is 4.99 Å². The first kappa shape index (κ1) is 19.0. The van der Waals surface area contributed by atoms with Crippen LogP contribution in [0, 0.1) is 12.3 Å². The number of thioether (sulfide) groups is 1. The number of carbonyl (C=O) groups excluding carboxylic acids is 2. The number of rotatable bonds is 5. The van der Waals surface area contributed by atoms with Crippen molar-refractivity contribution >= 4 is 56.7 Å². The van der Waals surface area contributed by atoms with Crippen LogP contribution in [0.2, 0.25) is 5.02 Å². The second kappa shape index (κ2) is 8.76. The molecule has 1 aliphatic rings. The lowest BCUT2D eigenvalue weighted by Gasteiger charge is -2.14. The molecule has 0 aliphatic carbocycles. The molecule has 2 amide bonds. The zero-order valence-corrected chi connectivity index (χ0v) is 16.5. The highest BCUT2D eigenvalue weighted by molar-refractivity contribution is 8.00. The highest BCUT2D eigenvalue weighted by atomic mass is 35.5. The van der Waals surface area contributed by atoms with Crippen molar-refractivity contribution in [3.8, 4) is 12.3 Å². The van der Waals surface area contributed by atoms with Crippen molar-refractivity contribution in [3.05, 3.63) is 28.0 Å². The predicted molar refractivity (Wildman–Crippen MR) is 107 cm³/mol. The summed E-state index contributed by atoms with van der Waals surface area (Å²) in [6, 6.07) is 5.50. The van der Waals surface area contributed by atoms with E-state index in [2.05, 4.69) is 10.9 Å². The molecule has 2 aromatic rings. The summed E-state index contributed by atoms with van der Waals surface area (Å²) in [7, 11) is 0. The maximum atomic E-state index is 12.2. The van der Waals surface area contributed by atoms with Crippen LogP contribution in [0.25, 0.3) is 10.2 Å². The number of fused-ring (bicyclic) bond motifs is 1. The minimum atomic E-state index is -0.271. The Morgan fingerprint density at radius 1 is 1.31 bits per heavy atom. The lowest BCUT2D eigenvalue weighted by molar-refractivity contribution is -0.127. The van der Waals surface area contributed by atoms with Crippen LogP contribution in [0.5, 0.6) is 0 Å². The van der Waals surface area contributed by atoms with E-state index in [1.54, 1.807) is 6.07 Å². The fourth-order valence-corrected chi connectivity index (χ4v) is 4.82. The van der Waals surface area contributed by atoms with Gasteiger partial charge in [-0.15, -0.1) is 18.2 Å². The quantitative estimate of drug-likeness (QED) is 0.716. The molecule has 8 heteroatoms. The fraction of sp³-hybridized carbons (Fsp3) is 0.389. The van der Waals surface area contributed by atoms with Crippen molar-refractivity contribution in [2.45, 2.75) is 19.4 Å². The first-order chi connectivity index (χ1) is 12.6. The maximum Gasteiger partial charge on any atom is 0.258 e. The number of terminal acetylenes is 1. The average Bonchev–Trinajstić information content (AvgIpc) is 3.24. The Kier molecular flexibility index (Phi) is 6.41. The van der Waals surface area contributed by atoms with E-state index in [9.17, 15) is 9.59 Å². The first-order valence-corrected chi connectivity index (χ1v) is 10.6. The minimum Gasteiger partial charge on any atom is -0.342 e. The topological polar surface area (TPSA) is 54.7 Å². The molecule has 0 N–H and O–H groups in total. The van der Waals surface area contributed by atoms with Gasteiger partial charge in [-0.05, 0) is 31.0 Å². The van der Waals surface area contributed by atoms with E-state index in [1.807, 2.05) is 21.6 Å². The van der Waals surface area contributed by atoms with Crippen LogP contribution in [0.15, 0.2) is 23.2 Å². The van der Waals surface area contributed by atoms with E-state index in [1.165, 1.54) is 23.1 Å². The molecule has 2 heterocycles. The Bertz CT molecular complexity index is 936. The van der Waals surface area contributed by atoms with Crippen molar-refractivity contribution in [1.82, 2.24) is 9.47 Å². The number of halogens is 1. The highest BCUT2D eigenvalue weighted by Crippen LogP contribution is 2.21. The molecule has 1 fully saturated rings. The Labute approximate surface area is 165 Å². The van der Waals surface area contributed by atoms with Crippen LogP contribution >= 0.6 is 34.7 Å². The molecule has 0 bridgehead atoms. The third kappa shape index (κ3) is 4.50. The van der Waals surface area contributed by atoms with Crippen molar-refractivity contribution in [3.63, 3.8) is 0 Å². The normalized spacial score (nSPS) is 14.8. The second-order valence-corrected chi connectivity index (χ2v) is 8.30. The van der Waals surface area contributed by atoms with E-state index < -0.39 is 0 Å². The number of nitrogens with zero attached hydrogens (tertiary/aromatic N) is 3. The lowest BCUT2D eigenvalue weighted by Crippen LogP contribution is -2.29. The Hall–Kier alpha value is -1.75. The van der Waals surface area contributed by atoms with Crippen LogP contribution in [0.1, 0.15) is 12.8 Å². The van der Waals surface area contributed by atoms with Crippen molar-refractivity contribution < 1.29 is 9.59 Å². The van der Waals surface area contributed by atoms with Crippen LogP contribution in [0.4, 0.5) is 0 Å². The number of thiazole rings is 1. The van der Waals surface area contributed by atoms with Gasteiger partial charge in [0.1, 0.15) is 0 Å². The monoisotopic (exact) mass is 407 g/mol. The fourth-order valence-electron chi connectivity index (χ4n) is 2.80. The van der Waals surface area contributed by atoms with Gasteiger partial charge in [-0.25, -0.2) is 0 Å². The molecule has 3 rings (SSSR count). The summed E-state index contributed by atoms with van der Waals surface area (Å²) in [5.74, 6) is 2.90. The summed E-state index contributed by atoms with van der Waals surface area (Å²) >= 11 is 8.72. The third-order valence-electron chi connectivity index (χ3n) is 4.02. The molecule has 1 aromatic carbocycles. The van der Waals surface area contributed by atoms with Crippen LogP contribution < -0.4 is 4.80 Å². The summed E-state index contributed by atoms with van der Waals surface area (Å²) < 4.78 is 2.75. The summed E-state index contributed by atoms with van der Waals surface area (Å²) in [4.78, 5) is 30.8. The van der Waals surface area contributed by atoms with E-state index in [4.69, 9.17) is 18.0 Å². The van der Waals surface area contributed by atoms with Gasteiger partial charge in [0.15, 0.2) is 4.80 Å². The number of hydrogen-bond donors (Lipinski definition) is 0. The largest absolute Gasteiger partial charge is 0.342 e. The lowest BCUT2D eigenvalue weighted by atomic mass is 10.3. The second-order valence-electron chi connectivity index (χ2n) is 5.87. The van der Waals surface area contributed by atoms with Crippen molar-refractivity contribution in [1.29, 1.82) is 0 Å². The molecule has 136 valence electrons. The SMILES string of the molecule is C#CCn1c(=NC(=O)CSCC(=O)N2CCCC2)sc2cc(Cl)ccc21. The number of amides is 2. The molecule has 26 heavy (non-hydrogen) atoms. The van der Waals surface area contributed by atoms with Gasteiger partial charge in [0.05, 0.1) is 28.3 Å². The van der Waals surface area contributed by atoms with Gasteiger partial charge in [0.25, 0.3) is 5.91 Å². The number of likely N-dealkylation sites (tertiary alicyclic amines) is 1. The summed E-state index contributed by atoms with van der Waals surface area (Å²) in [6.45, 7) is 1.98. The molecular formula is C18H18ClN3O2S2. The first-order valence-electron chi connectivity index (χ1n) is 8.24. The smallest absolute Gasteiger partial charge is 0.258 e. The van der Waals surface area contributed by atoms with Crippen molar-refractivity contribution in [2.75, 3.05) is 24.6 Å². The van der Waals surface area contributed by atoms with Gasteiger partial charge in [0.2, 0.25) is 5.91 Å². The molecule has 0 unspecified atom stereocenters. The molecule has 0 atom stereocenters. The molecule has 5 nitrogen and oxygen atoms in total. The number of hydrogen-bond acceptors (Lipinski definition) is 4. The number of aromatic nitrogens is 1. The van der Waals surface area contributed by atoms with Gasteiger partial charge >= 0.3 is 0 Å². The van der Waals surface area contributed by atoms with E-state index >= 15 is 0 Å². The van der Waals surface area contributed by atoms with Gasteiger partial charge < -0.3 is 9.47 Å². The van der Waals surface area contributed by atoms with Crippen molar-refractivity contribution in [2.24, 2.45) is 4.99 Å². The molecular weight excluding hydrogens is 390 g/mol. The third-order valence-corrected chi connectivity index (χ3v) is 6.20. The Morgan fingerprint density at radius 2 is 2.08 bits per heavy atom. The zero-order chi connectivity index (χ0) is 18.5. The van der Waals surface area contributed by atoms with E-state index in [0.29, 0.717) is 22.1 Å². The highest BCUT2D eigenvalue weighted by Gasteiger charge is 2.17. The zero-order valence-electron chi connectivity index (χ0n) is 14.1. The standard InChI is InChI=1S/C18H18ClN3O2S2/c1-2-7-22-14-6-5-13(19)10-15(14)26-18(22)20-16(23)11-25-12-17(24)21-8-3-4-9-21/h1,5-6,10H,3-4,7-9,11-12H2. The molecule has 0 radical (unpaired) electrons. The van der Waals surface area contributed by atoms with Crippen LogP contribution in [-0.2, 0) is 16.1 Å². The minimum absolute atomic E-state index is 0.0965. The molecule has 0 saturated carbocycles. The van der Waals surface area contributed by atoms with Gasteiger partial charge in [-0.1, -0.05) is 28.9 Å². The van der Waals surface area contributed by atoms with E-state index in [-0.39, 0.29) is 17.6 Å².